The van der Waals surface area contributed by atoms with Gasteiger partial charge in [0.15, 0.2) is 5.16 Å². The van der Waals surface area contributed by atoms with Crippen LogP contribution in [0.5, 0.6) is 0 Å². The number of carboxylic acids is 1. The maximum atomic E-state index is 10.8. The van der Waals surface area contributed by atoms with E-state index in [9.17, 15) is 4.79 Å². The molecule has 0 amide bonds. The van der Waals surface area contributed by atoms with Crippen LogP contribution in [0.15, 0.2) is 11.4 Å². The van der Waals surface area contributed by atoms with Crippen molar-refractivity contribution < 1.29 is 9.90 Å². The van der Waals surface area contributed by atoms with Gasteiger partial charge in [0.1, 0.15) is 0 Å². The van der Waals surface area contributed by atoms with Gasteiger partial charge < -0.3 is 14.6 Å². The van der Waals surface area contributed by atoms with Crippen LogP contribution in [0.2, 0.25) is 0 Å². The van der Waals surface area contributed by atoms with E-state index >= 15 is 0 Å². The van der Waals surface area contributed by atoms with Crippen LogP contribution in [0.3, 0.4) is 0 Å². The molecule has 0 saturated carbocycles. The zero-order valence-electron chi connectivity index (χ0n) is 13.2. The lowest BCUT2D eigenvalue weighted by atomic mass is 9.92. The molecule has 0 fully saturated rings. The molecule has 20 heavy (non-hydrogen) atoms. The van der Waals surface area contributed by atoms with Gasteiger partial charge in [-0.1, -0.05) is 32.5 Å². The Hall–Kier alpha value is -1.01. The number of carboxylic acid groups (broad SMARTS) is 1. The van der Waals surface area contributed by atoms with Gasteiger partial charge in [-0.05, 0) is 21.0 Å². The molecule has 1 rings (SSSR count). The zero-order chi connectivity index (χ0) is 15.5. The van der Waals surface area contributed by atoms with E-state index in [1.165, 1.54) is 11.8 Å². The van der Waals surface area contributed by atoms with Crippen molar-refractivity contribution in [3.05, 3.63) is 11.9 Å². The highest BCUT2D eigenvalue weighted by Gasteiger charge is 2.25. The highest BCUT2D eigenvalue weighted by atomic mass is 32.2. The minimum absolute atomic E-state index is 0.0182. The summed E-state index contributed by atoms with van der Waals surface area (Å²) in [6.07, 6.45) is 1.87. The van der Waals surface area contributed by atoms with E-state index in [-0.39, 0.29) is 17.2 Å². The van der Waals surface area contributed by atoms with Crippen LogP contribution in [0.25, 0.3) is 0 Å². The molecular formula is C14H25N3O2S. The minimum atomic E-state index is -0.817. The lowest BCUT2D eigenvalue weighted by molar-refractivity contribution is -0.133. The summed E-state index contributed by atoms with van der Waals surface area (Å²) < 4.78 is 2.17. The molecule has 0 aromatic carbocycles. The fraction of sp³-hybridized carbons (Fsp3) is 0.714. The Morgan fingerprint density at radius 3 is 2.55 bits per heavy atom. The SMILES string of the molecule is CC(CN(C)C)n1c(C(C)(C)C)cnc1SCC(=O)O. The first-order chi connectivity index (χ1) is 9.12. The zero-order valence-corrected chi connectivity index (χ0v) is 14.0. The lowest BCUT2D eigenvalue weighted by Crippen LogP contribution is -2.27. The fourth-order valence-electron chi connectivity index (χ4n) is 2.17. The summed E-state index contributed by atoms with van der Waals surface area (Å²) in [7, 11) is 4.07. The van der Waals surface area contributed by atoms with Crippen molar-refractivity contribution in [2.45, 2.75) is 44.3 Å². The highest BCUT2D eigenvalue weighted by Crippen LogP contribution is 2.30. The van der Waals surface area contributed by atoms with E-state index < -0.39 is 5.97 Å². The number of aliphatic carboxylic acids is 1. The first-order valence-electron chi connectivity index (χ1n) is 6.70. The van der Waals surface area contributed by atoms with Crippen LogP contribution in [0.1, 0.15) is 39.4 Å². The average molecular weight is 299 g/mol. The molecule has 0 aliphatic carbocycles. The van der Waals surface area contributed by atoms with E-state index in [2.05, 4.69) is 42.1 Å². The Morgan fingerprint density at radius 2 is 2.10 bits per heavy atom. The second-order valence-electron chi connectivity index (χ2n) is 6.34. The van der Waals surface area contributed by atoms with Gasteiger partial charge in [0, 0.05) is 29.9 Å². The standard InChI is InChI=1S/C14H25N3O2S/c1-10(8-16(5)6)17-11(14(2,3)4)7-15-13(17)20-9-12(18)19/h7,10H,8-9H2,1-6H3,(H,18,19). The summed E-state index contributed by atoms with van der Waals surface area (Å²) >= 11 is 1.28. The number of likely N-dealkylation sites (N-methyl/N-ethyl adjacent to an activating group) is 1. The van der Waals surface area contributed by atoms with E-state index in [4.69, 9.17) is 5.11 Å². The van der Waals surface area contributed by atoms with Crippen molar-refractivity contribution in [3.63, 3.8) is 0 Å². The Morgan fingerprint density at radius 1 is 1.50 bits per heavy atom. The van der Waals surface area contributed by atoms with Gasteiger partial charge in [0.05, 0.1) is 5.75 Å². The van der Waals surface area contributed by atoms with Crippen LogP contribution in [0.4, 0.5) is 0 Å². The van der Waals surface area contributed by atoms with E-state index in [1.807, 2.05) is 20.3 Å². The quantitative estimate of drug-likeness (QED) is 0.818. The topological polar surface area (TPSA) is 58.4 Å². The Bertz CT molecular complexity index is 463. The number of carbonyl (C=O) groups is 1. The number of aromatic nitrogens is 2. The van der Waals surface area contributed by atoms with E-state index in [1.54, 1.807) is 0 Å². The minimum Gasteiger partial charge on any atom is -0.481 e. The molecular weight excluding hydrogens is 274 g/mol. The molecule has 5 nitrogen and oxygen atoms in total. The monoisotopic (exact) mass is 299 g/mol. The van der Waals surface area contributed by atoms with Crippen LogP contribution >= 0.6 is 11.8 Å². The molecule has 0 aliphatic rings. The fourth-order valence-corrected chi connectivity index (χ4v) is 2.97. The van der Waals surface area contributed by atoms with Crippen molar-refractivity contribution in [2.24, 2.45) is 0 Å². The Balaban J connectivity index is 3.12. The molecule has 1 aromatic rings. The van der Waals surface area contributed by atoms with Crippen molar-refractivity contribution in [2.75, 3.05) is 26.4 Å². The van der Waals surface area contributed by atoms with Crippen LogP contribution in [0, 0.1) is 0 Å². The summed E-state index contributed by atoms with van der Waals surface area (Å²) in [4.78, 5) is 17.3. The molecule has 1 heterocycles. The molecule has 114 valence electrons. The van der Waals surface area contributed by atoms with Gasteiger partial charge in [0.25, 0.3) is 0 Å². The molecule has 1 unspecified atom stereocenters. The number of thioether (sulfide) groups is 1. The molecule has 0 bridgehead atoms. The molecule has 0 radical (unpaired) electrons. The summed E-state index contributed by atoms with van der Waals surface area (Å²) in [5, 5.41) is 9.63. The third kappa shape index (κ3) is 4.52. The second-order valence-corrected chi connectivity index (χ2v) is 7.28. The third-order valence-electron chi connectivity index (χ3n) is 2.93. The molecule has 1 atom stereocenters. The normalized spacial score (nSPS) is 13.8. The molecule has 1 N–H and O–H groups in total. The van der Waals surface area contributed by atoms with Gasteiger partial charge in [-0.3, -0.25) is 4.79 Å². The third-order valence-corrected chi connectivity index (χ3v) is 3.88. The maximum absolute atomic E-state index is 10.8. The number of rotatable bonds is 6. The van der Waals surface area contributed by atoms with E-state index in [0.717, 1.165) is 17.4 Å². The molecule has 0 spiro atoms. The number of nitrogens with zero attached hydrogens (tertiary/aromatic N) is 3. The number of hydrogen-bond acceptors (Lipinski definition) is 4. The molecule has 0 saturated heterocycles. The molecule has 6 heteroatoms. The van der Waals surface area contributed by atoms with Gasteiger partial charge >= 0.3 is 5.97 Å². The summed E-state index contributed by atoms with van der Waals surface area (Å²) in [6, 6.07) is 0.248. The van der Waals surface area contributed by atoms with Crippen molar-refractivity contribution in [1.82, 2.24) is 14.5 Å². The van der Waals surface area contributed by atoms with Gasteiger partial charge in [-0.15, -0.1) is 0 Å². The average Bonchev–Trinajstić information content (AvgIpc) is 2.68. The first kappa shape index (κ1) is 17.0. The number of imidazole rings is 1. The van der Waals surface area contributed by atoms with Crippen LogP contribution in [-0.2, 0) is 10.2 Å². The summed E-state index contributed by atoms with van der Waals surface area (Å²) in [5.41, 5.74) is 1.12. The second kappa shape index (κ2) is 6.63. The number of hydrogen-bond donors (Lipinski definition) is 1. The molecule has 1 aromatic heterocycles. The lowest BCUT2D eigenvalue weighted by Gasteiger charge is -2.27. The van der Waals surface area contributed by atoms with Crippen molar-refractivity contribution in [3.8, 4) is 0 Å². The summed E-state index contributed by atoms with van der Waals surface area (Å²) in [6.45, 7) is 9.47. The smallest absolute Gasteiger partial charge is 0.313 e. The van der Waals surface area contributed by atoms with Crippen LogP contribution in [-0.4, -0.2) is 51.9 Å². The van der Waals surface area contributed by atoms with Crippen LogP contribution < -0.4 is 0 Å². The Kier molecular flexibility index (Phi) is 5.65. The van der Waals surface area contributed by atoms with Crippen molar-refractivity contribution in [1.29, 1.82) is 0 Å². The van der Waals surface area contributed by atoms with E-state index in [0.29, 0.717) is 0 Å². The van der Waals surface area contributed by atoms with Crippen molar-refractivity contribution >= 4 is 17.7 Å². The predicted octanol–water partition coefficient (Wildman–Crippen LogP) is 2.48. The first-order valence-corrected chi connectivity index (χ1v) is 7.68. The summed E-state index contributed by atoms with van der Waals surface area (Å²) in [5.74, 6) is -0.780. The largest absolute Gasteiger partial charge is 0.481 e. The predicted molar refractivity (Wildman–Crippen MR) is 82.6 cm³/mol. The highest BCUT2D eigenvalue weighted by molar-refractivity contribution is 7.99. The van der Waals surface area contributed by atoms with Gasteiger partial charge in [-0.25, -0.2) is 4.98 Å². The molecule has 0 aliphatic heterocycles. The maximum Gasteiger partial charge on any atom is 0.313 e. The van der Waals surface area contributed by atoms with Gasteiger partial charge in [-0.2, -0.15) is 0 Å². The Labute approximate surface area is 125 Å². The van der Waals surface area contributed by atoms with Gasteiger partial charge in [0.2, 0.25) is 0 Å².